The Hall–Kier alpha value is -1.67. The number of aliphatic hydroxyl groups is 1. The Bertz CT molecular complexity index is 447. The topological polar surface area (TPSA) is 107 Å². The minimum Gasteiger partial charge on any atom is -0.466 e. The zero-order chi connectivity index (χ0) is 13.7. The Labute approximate surface area is 107 Å². The molecule has 0 saturated carbocycles. The third kappa shape index (κ3) is 3.97. The second-order valence-electron chi connectivity index (χ2n) is 3.44. The Morgan fingerprint density at radius 1 is 1.78 bits per heavy atom. The molecule has 1 atom stereocenters. The SMILES string of the molecule is CCOC(=O)CC(O)Cn1cc(Cl)c([N+](=O)[O-])n1. The molecular formula is C9H12ClN3O5. The Morgan fingerprint density at radius 3 is 2.94 bits per heavy atom. The van der Waals surface area contributed by atoms with E-state index in [1.165, 1.54) is 6.20 Å². The molecule has 9 heteroatoms. The Morgan fingerprint density at radius 2 is 2.44 bits per heavy atom. The highest BCUT2D eigenvalue weighted by molar-refractivity contribution is 6.32. The Kier molecular flexibility index (Phi) is 5.05. The summed E-state index contributed by atoms with van der Waals surface area (Å²) in [5.41, 5.74) is 0. The number of ether oxygens (including phenoxy) is 1. The van der Waals surface area contributed by atoms with Crippen molar-refractivity contribution >= 4 is 23.4 Å². The number of hydrogen-bond acceptors (Lipinski definition) is 6. The highest BCUT2D eigenvalue weighted by atomic mass is 35.5. The molecular weight excluding hydrogens is 266 g/mol. The first kappa shape index (κ1) is 14.4. The van der Waals surface area contributed by atoms with Crippen LogP contribution in [0.15, 0.2) is 6.20 Å². The third-order valence-electron chi connectivity index (χ3n) is 1.98. The zero-order valence-electron chi connectivity index (χ0n) is 9.58. The van der Waals surface area contributed by atoms with Gasteiger partial charge in [-0.2, -0.15) is 4.68 Å². The van der Waals surface area contributed by atoms with E-state index in [0.29, 0.717) is 0 Å². The molecule has 0 aliphatic heterocycles. The molecule has 1 N–H and O–H groups in total. The Balaban J connectivity index is 2.59. The van der Waals surface area contributed by atoms with Crippen LogP contribution in [0.5, 0.6) is 0 Å². The van der Waals surface area contributed by atoms with E-state index in [1.807, 2.05) is 0 Å². The van der Waals surface area contributed by atoms with Crippen molar-refractivity contribution in [1.82, 2.24) is 9.78 Å². The van der Waals surface area contributed by atoms with Gasteiger partial charge in [-0.15, -0.1) is 0 Å². The zero-order valence-corrected chi connectivity index (χ0v) is 10.3. The van der Waals surface area contributed by atoms with Crippen LogP contribution in [0.1, 0.15) is 13.3 Å². The van der Waals surface area contributed by atoms with Crippen molar-refractivity contribution in [2.45, 2.75) is 26.0 Å². The molecule has 0 radical (unpaired) electrons. The van der Waals surface area contributed by atoms with Crippen molar-refractivity contribution in [1.29, 1.82) is 0 Å². The number of carbonyl (C=O) groups excluding carboxylic acids is 1. The molecule has 1 heterocycles. The van der Waals surface area contributed by atoms with Crippen molar-refractivity contribution in [2.75, 3.05) is 6.61 Å². The molecule has 0 amide bonds. The smallest absolute Gasteiger partial charge is 0.408 e. The van der Waals surface area contributed by atoms with Gasteiger partial charge in [0.2, 0.25) is 0 Å². The number of nitro groups is 1. The summed E-state index contributed by atoms with van der Waals surface area (Å²) in [6, 6.07) is 0. The maximum atomic E-state index is 11.1. The lowest BCUT2D eigenvalue weighted by Crippen LogP contribution is -2.21. The maximum absolute atomic E-state index is 11.1. The van der Waals surface area contributed by atoms with Crippen LogP contribution in [0.25, 0.3) is 0 Å². The third-order valence-corrected chi connectivity index (χ3v) is 2.24. The molecule has 0 saturated heterocycles. The van der Waals surface area contributed by atoms with Crippen molar-refractivity contribution in [3.8, 4) is 0 Å². The van der Waals surface area contributed by atoms with Crippen LogP contribution in [0.4, 0.5) is 5.82 Å². The van der Waals surface area contributed by atoms with Crippen LogP contribution in [-0.2, 0) is 16.1 Å². The summed E-state index contributed by atoms with van der Waals surface area (Å²) in [4.78, 5) is 20.8. The van der Waals surface area contributed by atoms with Gasteiger partial charge in [0, 0.05) is 0 Å². The number of aliphatic hydroxyl groups excluding tert-OH is 1. The van der Waals surface area contributed by atoms with E-state index in [1.54, 1.807) is 6.92 Å². The molecule has 1 aromatic rings. The number of rotatable bonds is 6. The van der Waals surface area contributed by atoms with Gasteiger partial charge in [0.1, 0.15) is 0 Å². The number of hydrogen-bond donors (Lipinski definition) is 1. The molecule has 1 rings (SSSR count). The summed E-state index contributed by atoms with van der Waals surface area (Å²) in [7, 11) is 0. The van der Waals surface area contributed by atoms with E-state index in [4.69, 9.17) is 11.6 Å². The first-order valence-electron chi connectivity index (χ1n) is 5.15. The van der Waals surface area contributed by atoms with E-state index < -0.39 is 22.8 Å². The highest BCUT2D eigenvalue weighted by Gasteiger charge is 2.21. The quantitative estimate of drug-likeness (QED) is 0.467. The second kappa shape index (κ2) is 6.31. The largest absolute Gasteiger partial charge is 0.466 e. The summed E-state index contributed by atoms with van der Waals surface area (Å²) in [5.74, 6) is -1.03. The molecule has 0 aromatic carbocycles. The number of carbonyl (C=O) groups is 1. The van der Waals surface area contributed by atoms with Crippen LogP contribution < -0.4 is 0 Å². The molecule has 1 unspecified atom stereocenters. The summed E-state index contributed by atoms with van der Waals surface area (Å²) < 4.78 is 5.77. The fraction of sp³-hybridized carbons (Fsp3) is 0.556. The van der Waals surface area contributed by atoms with Crippen LogP contribution in [0.2, 0.25) is 5.02 Å². The van der Waals surface area contributed by atoms with E-state index in [2.05, 4.69) is 9.84 Å². The summed E-state index contributed by atoms with van der Waals surface area (Å²) >= 11 is 5.58. The van der Waals surface area contributed by atoms with Crippen molar-refractivity contribution in [3.63, 3.8) is 0 Å². The molecule has 0 spiro atoms. The van der Waals surface area contributed by atoms with Gasteiger partial charge in [-0.1, -0.05) is 11.6 Å². The van der Waals surface area contributed by atoms with Gasteiger partial charge in [-0.25, -0.2) is 0 Å². The first-order chi connectivity index (χ1) is 8.43. The fourth-order valence-electron chi connectivity index (χ4n) is 1.30. The van der Waals surface area contributed by atoms with Crippen LogP contribution in [0.3, 0.4) is 0 Å². The molecule has 1 aromatic heterocycles. The fourth-order valence-corrected chi connectivity index (χ4v) is 1.52. The summed E-state index contributed by atoms with van der Waals surface area (Å²) in [6.45, 7) is 1.80. The van der Waals surface area contributed by atoms with Gasteiger partial charge in [0.25, 0.3) is 0 Å². The number of nitrogens with zero attached hydrogens (tertiary/aromatic N) is 3. The molecule has 100 valence electrons. The lowest BCUT2D eigenvalue weighted by atomic mass is 10.2. The minimum absolute atomic E-state index is 0.0770. The molecule has 0 fully saturated rings. The van der Waals surface area contributed by atoms with Crippen molar-refractivity contribution in [3.05, 3.63) is 21.3 Å². The number of esters is 1. The van der Waals surface area contributed by atoms with Crippen molar-refractivity contribution in [2.24, 2.45) is 0 Å². The molecule has 0 aliphatic carbocycles. The lowest BCUT2D eigenvalue weighted by molar-refractivity contribution is -0.389. The maximum Gasteiger partial charge on any atom is 0.408 e. The second-order valence-corrected chi connectivity index (χ2v) is 3.85. The molecule has 18 heavy (non-hydrogen) atoms. The molecule has 0 bridgehead atoms. The van der Waals surface area contributed by atoms with Crippen molar-refractivity contribution < 1.29 is 19.6 Å². The standard InChI is InChI=1S/C9H12ClN3O5/c1-2-18-8(15)3-6(14)4-12-5-7(10)9(11-12)13(16)17/h5-6,14H,2-4H2,1H3. The van der Waals surface area contributed by atoms with Gasteiger partial charge in [-0.05, 0) is 11.8 Å². The van der Waals surface area contributed by atoms with E-state index in [9.17, 15) is 20.0 Å². The predicted molar refractivity (Wildman–Crippen MR) is 61.1 cm³/mol. The average Bonchev–Trinajstić information content (AvgIpc) is 2.59. The van der Waals surface area contributed by atoms with Gasteiger partial charge >= 0.3 is 11.8 Å². The van der Waals surface area contributed by atoms with Gasteiger partial charge in [-0.3, -0.25) is 4.79 Å². The summed E-state index contributed by atoms with van der Waals surface area (Å²) in [6.07, 6.45) is -0.0349. The number of halogens is 1. The van der Waals surface area contributed by atoms with Gasteiger partial charge < -0.3 is 20.0 Å². The van der Waals surface area contributed by atoms with Gasteiger partial charge in [0.05, 0.1) is 37.0 Å². The average molecular weight is 278 g/mol. The first-order valence-corrected chi connectivity index (χ1v) is 5.52. The highest BCUT2D eigenvalue weighted by Crippen LogP contribution is 2.21. The minimum atomic E-state index is -1.04. The van der Waals surface area contributed by atoms with Gasteiger partial charge in [0.15, 0.2) is 5.02 Å². The summed E-state index contributed by atoms with van der Waals surface area (Å²) in [5, 5.41) is 23.5. The molecule has 8 nitrogen and oxygen atoms in total. The van der Waals surface area contributed by atoms with E-state index in [-0.39, 0.29) is 24.6 Å². The van der Waals surface area contributed by atoms with E-state index >= 15 is 0 Å². The van der Waals surface area contributed by atoms with Crippen LogP contribution >= 0.6 is 11.6 Å². The normalized spacial score (nSPS) is 12.2. The predicted octanol–water partition coefficient (Wildman–Crippen LogP) is 0.759. The van der Waals surface area contributed by atoms with Crippen LogP contribution in [0, 0.1) is 10.1 Å². The van der Waals surface area contributed by atoms with E-state index in [0.717, 1.165) is 4.68 Å². The molecule has 0 aliphatic rings. The number of aromatic nitrogens is 2. The lowest BCUT2D eigenvalue weighted by Gasteiger charge is -2.07. The van der Waals surface area contributed by atoms with Crippen LogP contribution in [-0.4, -0.2) is 38.5 Å². The monoisotopic (exact) mass is 277 g/mol.